The van der Waals surface area contributed by atoms with Crippen molar-refractivity contribution in [1.82, 2.24) is 0 Å². The Hall–Kier alpha value is -3.52. The lowest BCUT2D eigenvalue weighted by Crippen LogP contribution is -2.29. The van der Waals surface area contributed by atoms with Crippen LogP contribution in [0.2, 0.25) is 0 Å². The molecule has 0 radical (unpaired) electrons. The minimum atomic E-state index is -6.28. The molecule has 0 amide bonds. The molecule has 14 heteroatoms. The van der Waals surface area contributed by atoms with Crippen LogP contribution in [-0.2, 0) is 33.1 Å². The summed E-state index contributed by atoms with van der Waals surface area (Å²) in [5.41, 5.74) is -8.27. The van der Waals surface area contributed by atoms with Crippen LogP contribution < -0.4 is 8.37 Å². The van der Waals surface area contributed by atoms with Gasteiger partial charge in [-0.2, -0.15) is 43.2 Å². The van der Waals surface area contributed by atoms with Crippen molar-refractivity contribution in [2.45, 2.75) is 101 Å². The SMILES string of the molecule is CC12CCCC1c1ccc3c(-c4c(OS(=O)(=O)C(F)(F)F)ccc5c6c(ccc45)C4CCC[C@@]4(C)CC6)c(OS(=O)(=O)C(F)(F)F)ccc3c1CC2. The molecular formula is C38H36F6O6S2. The zero-order chi connectivity index (χ0) is 37.2. The number of rotatable bonds is 5. The molecular weight excluding hydrogens is 731 g/mol. The van der Waals surface area contributed by atoms with Crippen LogP contribution in [0, 0.1) is 10.8 Å². The molecule has 3 unspecified atom stereocenters. The first-order chi connectivity index (χ1) is 24.2. The van der Waals surface area contributed by atoms with E-state index in [-0.39, 0.29) is 44.6 Å². The number of aryl methyl sites for hydroxylation is 2. The zero-order valence-electron chi connectivity index (χ0n) is 28.4. The van der Waals surface area contributed by atoms with E-state index in [9.17, 15) is 43.2 Å². The smallest absolute Gasteiger partial charge is 0.375 e. The molecule has 6 nitrogen and oxygen atoms in total. The topological polar surface area (TPSA) is 86.7 Å². The van der Waals surface area contributed by atoms with E-state index < -0.39 is 42.8 Å². The van der Waals surface area contributed by atoms with E-state index >= 15 is 0 Å². The third kappa shape index (κ3) is 5.32. The first-order valence-electron chi connectivity index (χ1n) is 17.4. The molecule has 2 saturated carbocycles. The van der Waals surface area contributed by atoms with Gasteiger partial charge in [0, 0.05) is 11.1 Å². The molecule has 0 bridgehead atoms. The minimum Gasteiger partial charge on any atom is -0.375 e. The monoisotopic (exact) mass is 766 g/mol. The standard InChI is InChI=1S/C38H36F6O6S2/c1-35-17-3-5-29(35)25-7-9-27-21(23(25)15-19-35)11-13-31(49-51(45,46)37(39,40)41)33(27)34-28-10-8-26-24(16-20-36(2)18-4-6-30(26)36)22(28)12-14-32(34)50-52(47,48)38(42,43)44/h7-14,29-30H,3-6,15-20H2,1-2H3/t29?,30?,35-,36?/m0/s1. The van der Waals surface area contributed by atoms with Crippen molar-refractivity contribution in [3.63, 3.8) is 0 Å². The normalized spacial score (nSPS) is 26.2. The van der Waals surface area contributed by atoms with E-state index in [4.69, 9.17) is 8.37 Å². The van der Waals surface area contributed by atoms with Crippen molar-refractivity contribution in [2.24, 2.45) is 10.8 Å². The molecule has 4 aromatic carbocycles. The van der Waals surface area contributed by atoms with Crippen molar-refractivity contribution in [2.75, 3.05) is 0 Å². The van der Waals surface area contributed by atoms with E-state index in [0.29, 0.717) is 23.6 Å². The zero-order valence-corrected chi connectivity index (χ0v) is 30.0. The van der Waals surface area contributed by atoms with E-state index in [0.717, 1.165) is 85.8 Å². The van der Waals surface area contributed by atoms with Gasteiger partial charge in [-0.1, -0.05) is 63.1 Å². The maximum atomic E-state index is 13.8. The highest BCUT2D eigenvalue weighted by molar-refractivity contribution is 7.88. The largest absolute Gasteiger partial charge is 0.534 e. The van der Waals surface area contributed by atoms with Crippen molar-refractivity contribution in [1.29, 1.82) is 0 Å². The van der Waals surface area contributed by atoms with Crippen molar-refractivity contribution in [3.05, 3.63) is 70.8 Å². The molecule has 0 saturated heterocycles. The molecule has 52 heavy (non-hydrogen) atoms. The molecule has 0 spiro atoms. The average molecular weight is 767 g/mol. The highest BCUT2D eigenvalue weighted by atomic mass is 32.2. The number of benzene rings is 4. The molecule has 278 valence electrons. The molecule has 4 aliphatic carbocycles. The van der Waals surface area contributed by atoms with Gasteiger partial charge in [-0.25, -0.2) is 0 Å². The number of fused-ring (bicyclic) bond motifs is 10. The first-order valence-corrected chi connectivity index (χ1v) is 20.3. The molecule has 2 fully saturated rings. The minimum absolute atomic E-state index is 0.0599. The van der Waals surface area contributed by atoms with Crippen LogP contribution in [0.4, 0.5) is 26.3 Å². The lowest BCUT2D eigenvalue weighted by Gasteiger charge is -2.39. The van der Waals surface area contributed by atoms with Gasteiger partial charge in [-0.05, 0) is 130 Å². The predicted octanol–water partition coefficient (Wildman–Crippen LogP) is 10.6. The lowest BCUT2D eigenvalue weighted by molar-refractivity contribution is -0.0505. The van der Waals surface area contributed by atoms with Gasteiger partial charge in [0.1, 0.15) is 0 Å². The Balaban J connectivity index is 1.46. The summed E-state index contributed by atoms with van der Waals surface area (Å²) in [6, 6.07) is 12.0. The quantitative estimate of drug-likeness (QED) is 0.114. The lowest BCUT2D eigenvalue weighted by atomic mass is 9.66. The first kappa shape index (κ1) is 35.5. The Bertz CT molecular complexity index is 2220. The molecule has 0 heterocycles. The average Bonchev–Trinajstić information content (AvgIpc) is 3.65. The molecule has 0 aliphatic heterocycles. The highest BCUT2D eigenvalue weighted by Gasteiger charge is 2.51. The van der Waals surface area contributed by atoms with Crippen LogP contribution in [-0.4, -0.2) is 27.9 Å². The van der Waals surface area contributed by atoms with E-state index in [1.807, 2.05) is 12.1 Å². The van der Waals surface area contributed by atoms with Crippen LogP contribution in [0.25, 0.3) is 32.7 Å². The molecule has 4 aromatic rings. The maximum absolute atomic E-state index is 13.8. The van der Waals surface area contributed by atoms with E-state index in [1.54, 1.807) is 12.1 Å². The molecule has 4 aliphatic rings. The summed E-state index contributed by atoms with van der Waals surface area (Å²) < 4.78 is 143. The van der Waals surface area contributed by atoms with Gasteiger partial charge < -0.3 is 8.37 Å². The Morgan fingerprint density at radius 1 is 0.558 bits per heavy atom. The molecule has 0 aromatic heterocycles. The summed E-state index contributed by atoms with van der Waals surface area (Å²) in [6.07, 6.45) is 8.89. The number of alkyl halides is 6. The van der Waals surface area contributed by atoms with Gasteiger partial charge in [0.15, 0.2) is 11.5 Å². The summed E-state index contributed by atoms with van der Waals surface area (Å²) in [6.45, 7) is 4.47. The highest BCUT2D eigenvalue weighted by Crippen LogP contribution is 2.59. The van der Waals surface area contributed by atoms with Gasteiger partial charge in [-0.15, -0.1) is 0 Å². The third-order valence-electron chi connectivity index (χ3n) is 12.6. The van der Waals surface area contributed by atoms with E-state index in [2.05, 4.69) is 13.8 Å². The number of halogens is 6. The predicted molar refractivity (Wildman–Crippen MR) is 184 cm³/mol. The third-order valence-corrected chi connectivity index (χ3v) is 14.6. The second kappa shape index (κ2) is 11.5. The van der Waals surface area contributed by atoms with Gasteiger partial charge >= 0.3 is 31.3 Å². The number of hydrogen-bond acceptors (Lipinski definition) is 6. The second-order valence-electron chi connectivity index (χ2n) is 15.5. The fourth-order valence-corrected chi connectivity index (χ4v) is 11.0. The Kier molecular flexibility index (Phi) is 7.85. The fourth-order valence-electron chi connectivity index (χ4n) is 10.1. The fraction of sp³-hybridized carbons (Fsp3) is 0.474. The molecule has 8 rings (SSSR count). The molecule has 4 atom stereocenters. The summed E-state index contributed by atoms with van der Waals surface area (Å²) in [5.74, 6) is -1.22. The van der Waals surface area contributed by atoms with Gasteiger partial charge in [-0.3, -0.25) is 0 Å². The van der Waals surface area contributed by atoms with Crippen molar-refractivity contribution in [3.8, 4) is 22.6 Å². The van der Waals surface area contributed by atoms with Gasteiger partial charge in [0.05, 0.1) is 0 Å². The maximum Gasteiger partial charge on any atom is 0.534 e. The van der Waals surface area contributed by atoms with Crippen molar-refractivity contribution < 1.29 is 51.5 Å². The summed E-state index contributed by atoms with van der Waals surface area (Å²) in [5, 5.41) is 1.50. The summed E-state index contributed by atoms with van der Waals surface area (Å²) in [4.78, 5) is 0. The number of hydrogen-bond donors (Lipinski definition) is 0. The van der Waals surface area contributed by atoms with Crippen LogP contribution in [0.1, 0.15) is 99.3 Å². The summed E-state index contributed by atoms with van der Waals surface area (Å²) in [7, 11) is -12.6. The van der Waals surface area contributed by atoms with Crippen LogP contribution >= 0.6 is 0 Å². The van der Waals surface area contributed by atoms with Crippen molar-refractivity contribution >= 4 is 41.8 Å². The Morgan fingerprint density at radius 3 is 1.29 bits per heavy atom. The Labute approximate surface area is 297 Å². The van der Waals surface area contributed by atoms with Crippen LogP contribution in [0.3, 0.4) is 0 Å². The Morgan fingerprint density at radius 2 is 0.923 bits per heavy atom. The second-order valence-corrected chi connectivity index (χ2v) is 18.6. The van der Waals surface area contributed by atoms with Crippen LogP contribution in [0.5, 0.6) is 11.5 Å². The van der Waals surface area contributed by atoms with Gasteiger partial charge in [0.25, 0.3) is 0 Å². The molecule has 0 N–H and O–H groups in total. The van der Waals surface area contributed by atoms with Crippen LogP contribution in [0.15, 0.2) is 48.5 Å². The van der Waals surface area contributed by atoms with E-state index in [1.165, 1.54) is 12.1 Å². The summed E-state index contributed by atoms with van der Waals surface area (Å²) >= 11 is 0. The van der Waals surface area contributed by atoms with Gasteiger partial charge in [0.2, 0.25) is 0 Å².